The van der Waals surface area contributed by atoms with E-state index in [0.29, 0.717) is 0 Å². The Kier molecular flexibility index (Phi) is 2.36. The van der Waals surface area contributed by atoms with Gasteiger partial charge in [0.15, 0.2) is 0 Å². The highest BCUT2D eigenvalue weighted by atomic mass is 19.3. The zero-order valence-electron chi connectivity index (χ0n) is 6.28. The molecule has 1 rings (SSSR count). The second-order valence-corrected chi connectivity index (χ2v) is 2.21. The minimum atomic E-state index is -2.92. The number of pyridine rings is 1. The molecule has 0 aliphatic heterocycles. The SMILES string of the molecule is Nc1ccc(C(F)F)c([N+](=O)[O-])n1. The van der Waals surface area contributed by atoms with Crippen molar-refractivity contribution in [3.8, 4) is 0 Å². The summed E-state index contributed by atoms with van der Waals surface area (Å²) in [5.74, 6) is -1.05. The van der Waals surface area contributed by atoms with E-state index >= 15 is 0 Å². The Labute approximate surface area is 71.3 Å². The molecule has 0 amide bonds. The summed E-state index contributed by atoms with van der Waals surface area (Å²) in [4.78, 5) is 12.4. The van der Waals surface area contributed by atoms with Crippen LogP contribution in [0.2, 0.25) is 0 Å². The van der Waals surface area contributed by atoms with E-state index in [0.717, 1.165) is 12.1 Å². The lowest BCUT2D eigenvalue weighted by molar-refractivity contribution is -0.390. The lowest BCUT2D eigenvalue weighted by atomic mass is 10.2. The maximum atomic E-state index is 12.1. The van der Waals surface area contributed by atoms with Gasteiger partial charge in [0.25, 0.3) is 6.43 Å². The van der Waals surface area contributed by atoms with Crippen molar-refractivity contribution in [2.45, 2.75) is 6.43 Å². The summed E-state index contributed by atoms with van der Waals surface area (Å²) in [5, 5.41) is 10.2. The van der Waals surface area contributed by atoms with Gasteiger partial charge in [-0.1, -0.05) is 0 Å². The van der Waals surface area contributed by atoms with Crippen LogP contribution in [-0.2, 0) is 0 Å². The molecule has 1 heterocycles. The van der Waals surface area contributed by atoms with Crippen molar-refractivity contribution in [2.24, 2.45) is 0 Å². The zero-order valence-corrected chi connectivity index (χ0v) is 6.28. The lowest BCUT2D eigenvalue weighted by Gasteiger charge is -2.00. The third-order valence-electron chi connectivity index (χ3n) is 1.33. The van der Waals surface area contributed by atoms with Crippen molar-refractivity contribution in [2.75, 3.05) is 5.73 Å². The third-order valence-corrected chi connectivity index (χ3v) is 1.33. The van der Waals surface area contributed by atoms with E-state index in [4.69, 9.17) is 5.73 Å². The molecule has 0 bridgehead atoms. The molecule has 0 aliphatic rings. The summed E-state index contributed by atoms with van der Waals surface area (Å²) in [6, 6.07) is 1.99. The van der Waals surface area contributed by atoms with E-state index in [-0.39, 0.29) is 5.82 Å². The number of nitrogens with two attached hydrogens (primary N) is 1. The molecular formula is C6H5F2N3O2. The average Bonchev–Trinajstić information content (AvgIpc) is 2.03. The fraction of sp³-hybridized carbons (Fsp3) is 0.167. The van der Waals surface area contributed by atoms with Crippen molar-refractivity contribution in [3.05, 3.63) is 27.8 Å². The van der Waals surface area contributed by atoms with Crippen molar-refractivity contribution >= 4 is 11.6 Å². The molecule has 0 radical (unpaired) electrons. The quantitative estimate of drug-likeness (QED) is 0.564. The van der Waals surface area contributed by atoms with Crippen LogP contribution in [0.1, 0.15) is 12.0 Å². The van der Waals surface area contributed by atoms with Crippen molar-refractivity contribution in [1.82, 2.24) is 4.98 Å². The molecule has 0 aliphatic carbocycles. The molecule has 1 aromatic heterocycles. The number of hydrogen-bond acceptors (Lipinski definition) is 4. The van der Waals surface area contributed by atoms with Crippen LogP contribution >= 0.6 is 0 Å². The molecule has 2 N–H and O–H groups in total. The minimum Gasteiger partial charge on any atom is -0.363 e. The minimum absolute atomic E-state index is 0.156. The van der Waals surface area contributed by atoms with Crippen LogP contribution in [0.4, 0.5) is 20.4 Å². The summed E-state index contributed by atoms with van der Waals surface area (Å²) < 4.78 is 24.3. The predicted octanol–water partition coefficient (Wildman–Crippen LogP) is 1.51. The first-order valence-corrected chi connectivity index (χ1v) is 3.21. The fourth-order valence-corrected chi connectivity index (χ4v) is 0.790. The van der Waals surface area contributed by atoms with Crippen LogP contribution in [0.5, 0.6) is 0 Å². The van der Waals surface area contributed by atoms with Crippen molar-refractivity contribution in [3.63, 3.8) is 0 Å². The first-order valence-electron chi connectivity index (χ1n) is 3.21. The van der Waals surface area contributed by atoms with Crippen LogP contribution in [0.3, 0.4) is 0 Å². The van der Waals surface area contributed by atoms with Crippen LogP contribution in [0.15, 0.2) is 12.1 Å². The van der Waals surface area contributed by atoms with Gasteiger partial charge in [-0.15, -0.1) is 0 Å². The largest absolute Gasteiger partial charge is 0.374 e. The number of nitrogen functional groups attached to an aromatic ring is 1. The van der Waals surface area contributed by atoms with Gasteiger partial charge in [-0.05, 0) is 16.0 Å². The Bertz CT molecular complexity index is 343. The number of hydrogen-bond donors (Lipinski definition) is 1. The fourth-order valence-electron chi connectivity index (χ4n) is 0.790. The highest BCUT2D eigenvalue weighted by Gasteiger charge is 2.23. The second-order valence-electron chi connectivity index (χ2n) is 2.21. The Morgan fingerprint density at radius 3 is 2.62 bits per heavy atom. The van der Waals surface area contributed by atoms with Crippen LogP contribution in [-0.4, -0.2) is 9.91 Å². The molecule has 70 valence electrons. The molecule has 0 aromatic carbocycles. The number of rotatable bonds is 2. The standard InChI is InChI=1S/C6H5F2N3O2/c7-5(8)3-1-2-4(9)10-6(3)11(12)13/h1-2,5H,(H2,9,10). The molecule has 5 nitrogen and oxygen atoms in total. The van der Waals surface area contributed by atoms with Gasteiger partial charge in [0, 0.05) is 6.07 Å². The molecular weight excluding hydrogens is 184 g/mol. The smallest absolute Gasteiger partial charge is 0.363 e. The van der Waals surface area contributed by atoms with Crippen molar-refractivity contribution in [1.29, 1.82) is 0 Å². The van der Waals surface area contributed by atoms with Gasteiger partial charge >= 0.3 is 5.82 Å². The number of nitrogens with zero attached hydrogens (tertiary/aromatic N) is 2. The van der Waals surface area contributed by atoms with Crippen LogP contribution < -0.4 is 5.73 Å². The van der Waals surface area contributed by atoms with E-state index in [2.05, 4.69) is 4.98 Å². The maximum Gasteiger partial charge on any atom is 0.374 e. The van der Waals surface area contributed by atoms with Gasteiger partial charge in [-0.3, -0.25) is 0 Å². The van der Waals surface area contributed by atoms with E-state index in [1.807, 2.05) is 0 Å². The normalized spacial score (nSPS) is 10.4. The van der Waals surface area contributed by atoms with Gasteiger partial charge in [-0.2, -0.15) is 0 Å². The Hall–Kier alpha value is -1.79. The molecule has 0 unspecified atom stereocenters. The molecule has 7 heteroatoms. The zero-order chi connectivity index (χ0) is 10.0. The van der Waals surface area contributed by atoms with Gasteiger partial charge in [-0.25, -0.2) is 8.78 Å². The first kappa shape index (κ1) is 9.30. The molecule has 0 saturated heterocycles. The highest BCUT2D eigenvalue weighted by Crippen LogP contribution is 2.27. The van der Waals surface area contributed by atoms with Crippen LogP contribution in [0, 0.1) is 10.1 Å². The number of alkyl halides is 2. The lowest BCUT2D eigenvalue weighted by Crippen LogP contribution is -2.01. The van der Waals surface area contributed by atoms with Gasteiger partial charge < -0.3 is 15.8 Å². The molecule has 0 saturated carbocycles. The Morgan fingerprint density at radius 1 is 1.54 bits per heavy atom. The van der Waals surface area contributed by atoms with Crippen molar-refractivity contribution < 1.29 is 13.7 Å². The van der Waals surface area contributed by atoms with E-state index in [1.54, 1.807) is 0 Å². The van der Waals surface area contributed by atoms with Gasteiger partial charge in [0.05, 0.1) is 0 Å². The maximum absolute atomic E-state index is 12.1. The molecule has 0 fully saturated rings. The summed E-state index contributed by atoms with van der Waals surface area (Å²) in [6.45, 7) is 0. The molecule has 1 aromatic rings. The first-order chi connectivity index (χ1) is 6.02. The summed E-state index contributed by atoms with van der Waals surface area (Å²) in [5.41, 5.74) is 4.38. The van der Waals surface area contributed by atoms with E-state index in [1.165, 1.54) is 0 Å². The van der Waals surface area contributed by atoms with Gasteiger partial charge in [0.2, 0.25) is 5.82 Å². The molecule has 13 heavy (non-hydrogen) atoms. The van der Waals surface area contributed by atoms with E-state index in [9.17, 15) is 18.9 Å². The predicted molar refractivity (Wildman–Crippen MR) is 40.3 cm³/mol. The Morgan fingerprint density at radius 2 is 2.15 bits per heavy atom. The number of aromatic nitrogens is 1. The summed E-state index contributed by atoms with van der Waals surface area (Å²) >= 11 is 0. The topological polar surface area (TPSA) is 82.0 Å². The number of nitro groups is 1. The molecule has 0 spiro atoms. The average molecular weight is 189 g/mol. The number of halogens is 2. The third kappa shape index (κ3) is 1.86. The second kappa shape index (κ2) is 3.30. The Balaban J connectivity index is 3.27. The van der Waals surface area contributed by atoms with E-state index < -0.39 is 22.7 Å². The summed E-state index contributed by atoms with van der Waals surface area (Å²) in [6.07, 6.45) is -2.92. The summed E-state index contributed by atoms with van der Waals surface area (Å²) in [7, 11) is 0. The van der Waals surface area contributed by atoms with Crippen LogP contribution in [0.25, 0.3) is 0 Å². The van der Waals surface area contributed by atoms with Gasteiger partial charge in [0.1, 0.15) is 5.56 Å². The molecule has 0 atom stereocenters. The monoisotopic (exact) mass is 189 g/mol. The number of anilines is 1. The highest BCUT2D eigenvalue weighted by molar-refractivity contribution is 5.42.